The zero-order chi connectivity index (χ0) is 20.1. The molecule has 5 nitrogen and oxygen atoms in total. The van der Waals surface area contributed by atoms with Gasteiger partial charge in [0.15, 0.2) is 0 Å². The highest BCUT2D eigenvalue weighted by Gasteiger charge is 2.11. The molecule has 6 heteroatoms. The van der Waals surface area contributed by atoms with Crippen LogP contribution in [-0.2, 0) is 0 Å². The van der Waals surface area contributed by atoms with Crippen LogP contribution < -0.4 is 10.2 Å². The fourth-order valence-electron chi connectivity index (χ4n) is 2.90. The van der Waals surface area contributed by atoms with E-state index in [9.17, 15) is 0 Å². The van der Waals surface area contributed by atoms with Crippen LogP contribution in [0.5, 0.6) is 5.75 Å². The molecule has 0 aliphatic carbocycles. The van der Waals surface area contributed by atoms with Crippen molar-refractivity contribution in [2.24, 2.45) is 5.10 Å². The predicted octanol–water partition coefficient (Wildman–Crippen LogP) is 5.65. The summed E-state index contributed by atoms with van der Waals surface area (Å²) in [4.78, 5) is 0. The molecule has 29 heavy (non-hydrogen) atoms. The van der Waals surface area contributed by atoms with E-state index in [-0.39, 0.29) is 0 Å². The minimum absolute atomic E-state index is 0.654. The third-order valence-electron chi connectivity index (χ3n) is 4.35. The monoisotopic (exact) mass is 402 g/mol. The van der Waals surface area contributed by atoms with Gasteiger partial charge in [0.25, 0.3) is 0 Å². The van der Waals surface area contributed by atoms with Crippen LogP contribution in [-0.4, -0.2) is 23.1 Å². The second-order valence-electron chi connectivity index (χ2n) is 6.32. The number of anilines is 1. The number of methoxy groups -OCH3 is 1. The number of rotatable bonds is 6. The first-order valence-electron chi connectivity index (χ1n) is 9.07. The number of aromatic nitrogens is 2. The fraction of sp³-hybridized carbons (Fsp3) is 0.0435. The number of ether oxygens (including phenoxy) is 1. The Morgan fingerprint density at radius 1 is 1.00 bits per heavy atom. The predicted molar refractivity (Wildman–Crippen MR) is 118 cm³/mol. The maximum absolute atomic E-state index is 6.03. The van der Waals surface area contributed by atoms with E-state index in [0.29, 0.717) is 5.02 Å². The Kier molecular flexibility index (Phi) is 5.59. The Labute approximate surface area is 174 Å². The minimum atomic E-state index is 0.654. The number of nitrogens with zero attached hydrogens (tertiary/aromatic N) is 3. The SMILES string of the molecule is COc1ccc(-c2nn(-c3ccccc3)cc2C=NNc2cccc(Cl)c2)cc1. The van der Waals surface area contributed by atoms with E-state index < -0.39 is 0 Å². The van der Waals surface area contributed by atoms with Crippen molar-refractivity contribution in [2.45, 2.75) is 0 Å². The topological polar surface area (TPSA) is 51.4 Å². The number of hydrogen-bond acceptors (Lipinski definition) is 4. The van der Waals surface area contributed by atoms with Crippen molar-refractivity contribution in [3.63, 3.8) is 0 Å². The molecule has 1 N–H and O–H groups in total. The molecule has 0 aliphatic rings. The van der Waals surface area contributed by atoms with Crippen molar-refractivity contribution in [1.82, 2.24) is 9.78 Å². The molecule has 0 spiro atoms. The molecule has 0 radical (unpaired) electrons. The van der Waals surface area contributed by atoms with Gasteiger partial charge in [0.2, 0.25) is 0 Å². The molecule has 0 aliphatic heterocycles. The molecule has 3 aromatic carbocycles. The molecule has 0 fully saturated rings. The lowest BCUT2D eigenvalue weighted by molar-refractivity contribution is 0.415. The fourth-order valence-corrected chi connectivity index (χ4v) is 3.09. The summed E-state index contributed by atoms with van der Waals surface area (Å²) in [6.45, 7) is 0. The van der Waals surface area contributed by atoms with E-state index in [1.807, 2.05) is 89.7 Å². The second kappa shape index (κ2) is 8.63. The van der Waals surface area contributed by atoms with E-state index in [1.165, 1.54) is 0 Å². The van der Waals surface area contributed by atoms with E-state index in [0.717, 1.165) is 33.9 Å². The zero-order valence-electron chi connectivity index (χ0n) is 15.8. The molecular formula is C23H19ClN4O. The van der Waals surface area contributed by atoms with Crippen molar-refractivity contribution in [1.29, 1.82) is 0 Å². The largest absolute Gasteiger partial charge is 0.497 e. The highest BCUT2D eigenvalue weighted by atomic mass is 35.5. The summed E-state index contributed by atoms with van der Waals surface area (Å²) in [5.41, 5.74) is 7.49. The zero-order valence-corrected chi connectivity index (χ0v) is 16.5. The molecule has 4 aromatic rings. The van der Waals surface area contributed by atoms with Gasteiger partial charge in [-0.1, -0.05) is 35.9 Å². The van der Waals surface area contributed by atoms with Crippen molar-refractivity contribution in [3.8, 4) is 22.7 Å². The molecule has 0 saturated heterocycles. The third kappa shape index (κ3) is 4.47. The Hall–Kier alpha value is -3.57. The van der Waals surface area contributed by atoms with Gasteiger partial charge in [-0.25, -0.2) is 4.68 Å². The molecule has 0 amide bonds. The van der Waals surface area contributed by atoms with Crippen molar-refractivity contribution >= 4 is 23.5 Å². The summed E-state index contributed by atoms with van der Waals surface area (Å²) in [6.07, 6.45) is 3.71. The maximum Gasteiger partial charge on any atom is 0.118 e. The molecule has 1 aromatic heterocycles. The van der Waals surface area contributed by atoms with E-state index in [4.69, 9.17) is 21.4 Å². The van der Waals surface area contributed by atoms with Crippen molar-refractivity contribution in [2.75, 3.05) is 12.5 Å². The first-order valence-corrected chi connectivity index (χ1v) is 9.45. The Bertz CT molecular complexity index is 1120. The van der Waals surface area contributed by atoms with Crippen LogP contribution in [0.15, 0.2) is 90.2 Å². The summed E-state index contributed by atoms with van der Waals surface area (Å²) in [6, 6.07) is 25.2. The summed E-state index contributed by atoms with van der Waals surface area (Å²) >= 11 is 6.03. The lowest BCUT2D eigenvalue weighted by atomic mass is 10.1. The normalized spacial score (nSPS) is 11.0. The highest BCUT2D eigenvalue weighted by molar-refractivity contribution is 6.30. The first kappa shape index (κ1) is 18.8. The number of halogens is 1. The number of benzene rings is 3. The lowest BCUT2D eigenvalue weighted by Crippen LogP contribution is -1.94. The Balaban J connectivity index is 1.68. The van der Waals surface area contributed by atoms with Gasteiger partial charge in [0, 0.05) is 22.3 Å². The molecule has 144 valence electrons. The van der Waals surface area contributed by atoms with Crippen LogP contribution in [0.25, 0.3) is 16.9 Å². The van der Waals surface area contributed by atoms with Gasteiger partial charge in [-0.15, -0.1) is 0 Å². The van der Waals surface area contributed by atoms with E-state index in [1.54, 1.807) is 13.3 Å². The Morgan fingerprint density at radius 2 is 1.79 bits per heavy atom. The van der Waals surface area contributed by atoms with Gasteiger partial charge >= 0.3 is 0 Å². The molecule has 4 rings (SSSR count). The quantitative estimate of drug-likeness (QED) is 0.335. The summed E-state index contributed by atoms with van der Waals surface area (Å²) in [7, 11) is 1.65. The molecule has 0 bridgehead atoms. The maximum atomic E-state index is 6.03. The van der Waals surface area contributed by atoms with Crippen LogP contribution >= 0.6 is 11.6 Å². The smallest absolute Gasteiger partial charge is 0.118 e. The number of hydrogen-bond donors (Lipinski definition) is 1. The van der Waals surface area contributed by atoms with Crippen molar-refractivity contribution < 1.29 is 4.74 Å². The van der Waals surface area contributed by atoms with Crippen LogP contribution in [0.3, 0.4) is 0 Å². The van der Waals surface area contributed by atoms with Crippen LogP contribution in [0.1, 0.15) is 5.56 Å². The van der Waals surface area contributed by atoms with Crippen LogP contribution in [0.4, 0.5) is 5.69 Å². The van der Waals surface area contributed by atoms with Gasteiger partial charge in [0.1, 0.15) is 11.4 Å². The van der Waals surface area contributed by atoms with Crippen molar-refractivity contribution in [3.05, 3.63) is 95.6 Å². The summed E-state index contributed by atoms with van der Waals surface area (Å²) in [5, 5.41) is 9.80. The minimum Gasteiger partial charge on any atom is -0.497 e. The van der Waals surface area contributed by atoms with Gasteiger partial charge in [-0.3, -0.25) is 5.43 Å². The average Bonchev–Trinajstić information content (AvgIpc) is 3.19. The van der Waals surface area contributed by atoms with Gasteiger partial charge in [-0.05, 0) is 54.6 Å². The summed E-state index contributed by atoms with van der Waals surface area (Å²) in [5.74, 6) is 0.800. The number of hydrazone groups is 1. The number of nitrogens with one attached hydrogen (secondary N) is 1. The van der Waals surface area contributed by atoms with Gasteiger partial charge < -0.3 is 4.74 Å². The molecule has 0 unspecified atom stereocenters. The Morgan fingerprint density at radius 3 is 2.52 bits per heavy atom. The number of para-hydroxylation sites is 1. The van der Waals surface area contributed by atoms with E-state index in [2.05, 4.69) is 10.5 Å². The second-order valence-corrected chi connectivity index (χ2v) is 6.76. The van der Waals surface area contributed by atoms with Crippen LogP contribution in [0.2, 0.25) is 5.02 Å². The summed E-state index contributed by atoms with van der Waals surface area (Å²) < 4.78 is 7.11. The molecule has 0 saturated carbocycles. The standard InChI is InChI=1S/C23H19ClN4O/c1-29-22-12-10-17(11-13-22)23-18(15-25-26-20-7-5-6-19(24)14-20)16-28(27-23)21-8-3-2-4-9-21/h2-16,26H,1H3. The average molecular weight is 403 g/mol. The van der Waals surface area contributed by atoms with Gasteiger partial charge in [-0.2, -0.15) is 10.2 Å². The molecule has 1 heterocycles. The molecular weight excluding hydrogens is 384 g/mol. The lowest BCUT2D eigenvalue weighted by Gasteiger charge is -2.03. The first-order chi connectivity index (χ1) is 14.2. The van der Waals surface area contributed by atoms with Crippen LogP contribution in [0, 0.1) is 0 Å². The van der Waals surface area contributed by atoms with E-state index >= 15 is 0 Å². The third-order valence-corrected chi connectivity index (χ3v) is 4.58. The van der Waals surface area contributed by atoms with Gasteiger partial charge in [0.05, 0.1) is 24.7 Å². The highest BCUT2D eigenvalue weighted by Crippen LogP contribution is 2.25. The molecule has 0 atom stereocenters.